The van der Waals surface area contributed by atoms with Gasteiger partial charge in [0.15, 0.2) is 5.69 Å². The predicted molar refractivity (Wildman–Crippen MR) is 43.9 cm³/mol. The molecule has 0 fully saturated rings. The summed E-state index contributed by atoms with van der Waals surface area (Å²) in [5.74, 6) is 0. The van der Waals surface area contributed by atoms with Crippen molar-refractivity contribution in [1.29, 1.82) is 5.26 Å². The molecule has 0 amide bonds. The van der Waals surface area contributed by atoms with Gasteiger partial charge in [0, 0.05) is 0 Å². The molecule has 86 valence electrons. The minimum Gasteiger partial charge on any atom is -0.225 e. The summed E-state index contributed by atoms with van der Waals surface area (Å²) in [7, 11) is 0. The Hall–Kier alpha value is -1.42. The summed E-state index contributed by atoms with van der Waals surface area (Å²) < 4.78 is 61.9. The molecule has 0 aliphatic rings. The molecule has 0 spiro atoms. The van der Waals surface area contributed by atoms with Crippen molar-refractivity contribution >= 4 is 11.6 Å². The van der Waals surface area contributed by atoms with Gasteiger partial charge >= 0.3 is 6.18 Å². The lowest BCUT2D eigenvalue weighted by Gasteiger charge is -2.13. The van der Waals surface area contributed by atoms with E-state index in [-0.39, 0.29) is 6.07 Å². The van der Waals surface area contributed by atoms with Gasteiger partial charge in [0.2, 0.25) is 0 Å². The van der Waals surface area contributed by atoms with E-state index in [0.717, 1.165) is 6.07 Å². The largest absolute Gasteiger partial charge is 0.417 e. The lowest BCUT2D eigenvalue weighted by molar-refractivity contribution is -0.139. The second-order valence-corrected chi connectivity index (χ2v) is 3.05. The Labute approximate surface area is 91.3 Å². The Balaban J connectivity index is 3.59. The third-order valence-corrected chi connectivity index (χ3v) is 1.85. The molecule has 0 aliphatic heterocycles. The zero-order valence-electron chi connectivity index (χ0n) is 7.32. The van der Waals surface area contributed by atoms with Gasteiger partial charge in [-0.2, -0.15) is 18.4 Å². The highest BCUT2D eigenvalue weighted by atomic mass is 35.5. The van der Waals surface area contributed by atoms with Crippen LogP contribution in [0.4, 0.5) is 22.0 Å². The van der Waals surface area contributed by atoms with Gasteiger partial charge in [-0.05, 0) is 6.07 Å². The average Bonchev–Trinajstić information content (AvgIpc) is 2.14. The molecule has 0 aromatic carbocycles. The van der Waals surface area contributed by atoms with Gasteiger partial charge < -0.3 is 0 Å². The Morgan fingerprint density at radius 3 is 2.31 bits per heavy atom. The predicted octanol–water partition coefficient (Wildman–Crippen LogP) is 3.56. The minimum absolute atomic E-state index is 0.268. The molecule has 1 rings (SSSR count). The summed E-state index contributed by atoms with van der Waals surface area (Å²) in [5.41, 5.74) is -4.10. The molecule has 2 nitrogen and oxygen atoms in total. The van der Waals surface area contributed by atoms with Crippen molar-refractivity contribution in [2.45, 2.75) is 12.6 Å². The summed E-state index contributed by atoms with van der Waals surface area (Å²) in [6.45, 7) is 0. The Bertz CT molecular complexity index is 449. The number of halogens is 6. The van der Waals surface area contributed by atoms with Crippen molar-refractivity contribution in [3.8, 4) is 6.07 Å². The van der Waals surface area contributed by atoms with Gasteiger partial charge in [-0.3, -0.25) is 0 Å². The third kappa shape index (κ3) is 2.39. The molecule has 1 aromatic rings. The topological polar surface area (TPSA) is 36.7 Å². The molecular weight excluding hydrogens is 255 g/mol. The van der Waals surface area contributed by atoms with E-state index in [9.17, 15) is 22.0 Å². The first-order valence-corrected chi connectivity index (χ1v) is 4.11. The van der Waals surface area contributed by atoms with Gasteiger partial charge in [-0.25, -0.2) is 13.8 Å². The van der Waals surface area contributed by atoms with E-state index in [4.69, 9.17) is 16.9 Å². The summed E-state index contributed by atoms with van der Waals surface area (Å²) in [4.78, 5) is 3.11. The van der Waals surface area contributed by atoms with Crippen molar-refractivity contribution in [3.05, 3.63) is 28.0 Å². The van der Waals surface area contributed by atoms with Crippen LogP contribution >= 0.6 is 11.6 Å². The third-order valence-electron chi connectivity index (χ3n) is 1.66. The summed E-state index contributed by atoms with van der Waals surface area (Å²) in [5, 5.41) is 7.75. The van der Waals surface area contributed by atoms with Crippen LogP contribution in [0.15, 0.2) is 6.07 Å². The lowest BCUT2D eigenvalue weighted by atomic mass is 10.1. The summed E-state index contributed by atoms with van der Waals surface area (Å²) in [6.07, 6.45) is -8.46. The fraction of sp³-hybridized carbons (Fsp3) is 0.250. The van der Waals surface area contributed by atoms with Crippen molar-refractivity contribution < 1.29 is 22.0 Å². The normalized spacial score (nSPS) is 11.6. The molecule has 0 aliphatic carbocycles. The quantitative estimate of drug-likeness (QED) is 0.569. The number of hydrogen-bond acceptors (Lipinski definition) is 2. The number of hydrogen-bond donors (Lipinski definition) is 0. The van der Waals surface area contributed by atoms with Gasteiger partial charge in [-0.1, -0.05) is 11.6 Å². The molecule has 0 atom stereocenters. The Morgan fingerprint density at radius 2 is 1.94 bits per heavy atom. The first-order chi connectivity index (χ1) is 7.27. The van der Waals surface area contributed by atoms with Crippen LogP contribution in [-0.2, 0) is 6.18 Å². The number of aromatic nitrogens is 1. The van der Waals surface area contributed by atoms with Gasteiger partial charge in [0.25, 0.3) is 6.43 Å². The van der Waals surface area contributed by atoms with Crippen LogP contribution in [0.2, 0.25) is 5.15 Å². The number of rotatable bonds is 1. The van der Waals surface area contributed by atoms with E-state index in [0.29, 0.717) is 0 Å². The molecule has 0 unspecified atom stereocenters. The van der Waals surface area contributed by atoms with Crippen molar-refractivity contribution in [2.75, 3.05) is 0 Å². The van der Waals surface area contributed by atoms with Crippen LogP contribution in [-0.4, -0.2) is 4.98 Å². The zero-order chi connectivity index (χ0) is 12.5. The van der Waals surface area contributed by atoms with E-state index in [1.54, 1.807) is 0 Å². The maximum atomic E-state index is 12.4. The first-order valence-electron chi connectivity index (χ1n) is 3.73. The van der Waals surface area contributed by atoms with Crippen molar-refractivity contribution in [3.63, 3.8) is 0 Å². The van der Waals surface area contributed by atoms with Crippen molar-refractivity contribution in [2.24, 2.45) is 0 Å². The van der Waals surface area contributed by atoms with Crippen LogP contribution in [0, 0.1) is 11.3 Å². The number of nitrogens with zero attached hydrogens (tertiary/aromatic N) is 2. The van der Waals surface area contributed by atoms with E-state index >= 15 is 0 Å². The molecule has 0 bridgehead atoms. The molecule has 8 heteroatoms. The highest BCUT2D eigenvalue weighted by Gasteiger charge is 2.38. The molecule has 0 N–H and O–H groups in total. The van der Waals surface area contributed by atoms with Crippen LogP contribution < -0.4 is 0 Å². The second-order valence-electron chi connectivity index (χ2n) is 2.67. The van der Waals surface area contributed by atoms with Gasteiger partial charge in [-0.15, -0.1) is 0 Å². The maximum absolute atomic E-state index is 12.4. The van der Waals surface area contributed by atoms with E-state index in [1.165, 1.54) is 0 Å². The SMILES string of the molecule is N#Cc1nc(Cl)cc(C(F)(F)F)c1C(F)F. The van der Waals surface area contributed by atoms with E-state index in [2.05, 4.69) is 4.98 Å². The van der Waals surface area contributed by atoms with Crippen LogP contribution in [0.3, 0.4) is 0 Å². The number of alkyl halides is 5. The molecule has 1 aromatic heterocycles. The lowest BCUT2D eigenvalue weighted by Crippen LogP contribution is -2.12. The Morgan fingerprint density at radius 1 is 1.38 bits per heavy atom. The van der Waals surface area contributed by atoms with E-state index in [1.807, 2.05) is 0 Å². The smallest absolute Gasteiger partial charge is 0.225 e. The molecule has 0 saturated carbocycles. The number of nitriles is 1. The van der Waals surface area contributed by atoms with Crippen LogP contribution in [0.25, 0.3) is 0 Å². The van der Waals surface area contributed by atoms with Crippen molar-refractivity contribution in [1.82, 2.24) is 4.98 Å². The molecule has 1 heterocycles. The zero-order valence-corrected chi connectivity index (χ0v) is 8.07. The minimum atomic E-state index is -5.01. The fourth-order valence-electron chi connectivity index (χ4n) is 1.06. The molecule has 0 saturated heterocycles. The Kier molecular flexibility index (Phi) is 3.33. The van der Waals surface area contributed by atoms with Crippen LogP contribution in [0.5, 0.6) is 0 Å². The summed E-state index contributed by atoms with van der Waals surface area (Å²) >= 11 is 5.20. The fourth-order valence-corrected chi connectivity index (χ4v) is 1.26. The first kappa shape index (κ1) is 12.6. The average molecular weight is 257 g/mol. The molecular formula is C8H2ClF5N2. The number of pyridine rings is 1. The van der Waals surface area contributed by atoms with E-state index < -0.39 is 34.6 Å². The maximum Gasteiger partial charge on any atom is 0.417 e. The summed E-state index contributed by atoms with van der Waals surface area (Å²) in [6, 6.07) is 1.42. The van der Waals surface area contributed by atoms with Gasteiger partial charge in [0.05, 0.1) is 11.1 Å². The van der Waals surface area contributed by atoms with Crippen LogP contribution in [0.1, 0.15) is 23.2 Å². The van der Waals surface area contributed by atoms with Gasteiger partial charge in [0.1, 0.15) is 11.2 Å². The second kappa shape index (κ2) is 4.22. The molecule has 0 radical (unpaired) electrons. The highest BCUT2D eigenvalue weighted by Crippen LogP contribution is 2.38. The standard InChI is InChI=1S/C8H2ClF5N2/c9-5-1-3(8(12,13)14)6(7(10)11)4(2-15)16-5/h1,7H. The molecule has 16 heavy (non-hydrogen) atoms. The highest BCUT2D eigenvalue weighted by molar-refractivity contribution is 6.29. The monoisotopic (exact) mass is 256 g/mol.